The van der Waals surface area contributed by atoms with E-state index in [0.29, 0.717) is 0 Å². The van der Waals surface area contributed by atoms with Gasteiger partial charge in [0.25, 0.3) is 0 Å². The van der Waals surface area contributed by atoms with E-state index in [2.05, 4.69) is 0 Å². The van der Waals surface area contributed by atoms with Gasteiger partial charge in [0.2, 0.25) is 10.0 Å². The van der Waals surface area contributed by atoms with Crippen LogP contribution in [0, 0.1) is 5.82 Å². The summed E-state index contributed by atoms with van der Waals surface area (Å²) in [6.07, 6.45) is -0.217. The van der Waals surface area contributed by atoms with E-state index in [4.69, 9.17) is 4.74 Å². The molecule has 0 aliphatic carbocycles. The van der Waals surface area contributed by atoms with Gasteiger partial charge in [-0.15, -0.1) is 0 Å². The van der Waals surface area contributed by atoms with E-state index in [9.17, 15) is 12.8 Å². The average Bonchev–Trinajstić information content (AvgIpc) is 2.26. The van der Waals surface area contributed by atoms with Crippen LogP contribution in [0.2, 0.25) is 0 Å². The Morgan fingerprint density at radius 1 is 1.37 bits per heavy atom. The molecule has 2 rings (SSSR count). The molecule has 0 spiro atoms. The van der Waals surface area contributed by atoms with Crippen molar-refractivity contribution in [2.24, 2.45) is 0 Å². The van der Waals surface area contributed by atoms with E-state index >= 15 is 0 Å². The molecule has 19 heavy (non-hydrogen) atoms. The van der Waals surface area contributed by atoms with Crippen LogP contribution in [0.4, 0.5) is 4.39 Å². The Morgan fingerprint density at radius 3 is 2.58 bits per heavy atom. The maximum atomic E-state index is 13.7. The first-order valence-electron chi connectivity index (χ1n) is 6.15. The molecule has 0 radical (unpaired) electrons. The minimum atomic E-state index is -3.82. The second-order valence-electron chi connectivity index (χ2n) is 5.42. The molecule has 0 saturated carbocycles. The van der Waals surface area contributed by atoms with Crippen molar-refractivity contribution in [2.75, 3.05) is 13.1 Å². The summed E-state index contributed by atoms with van der Waals surface area (Å²) in [6.45, 7) is 5.91. The summed E-state index contributed by atoms with van der Waals surface area (Å²) in [7, 11) is -3.82. The summed E-state index contributed by atoms with van der Waals surface area (Å²) in [5, 5.41) is 0. The normalized spacial score (nSPS) is 24.3. The fourth-order valence-corrected chi connectivity index (χ4v) is 4.10. The number of nitrogens with zero attached hydrogens (tertiary/aromatic N) is 1. The lowest BCUT2D eigenvalue weighted by atomic mass is 10.1. The quantitative estimate of drug-likeness (QED) is 0.836. The first kappa shape index (κ1) is 14.4. The molecule has 106 valence electrons. The summed E-state index contributed by atoms with van der Waals surface area (Å²) in [5.41, 5.74) is -0.573. The van der Waals surface area contributed by atoms with Gasteiger partial charge in [-0.1, -0.05) is 12.1 Å². The highest BCUT2D eigenvalue weighted by Gasteiger charge is 2.38. The van der Waals surface area contributed by atoms with Crippen molar-refractivity contribution in [3.63, 3.8) is 0 Å². The minimum Gasteiger partial charge on any atom is -0.370 e. The lowest BCUT2D eigenvalue weighted by Gasteiger charge is -2.40. The van der Waals surface area contributed by atoms with Crippen LogP contribution in [0.25, 0.3) is 0 Å². The maximum Gasteiger partial charge on any atom is 0.246 e. The van der Waals surface area contributed by atoms with Gasteiger partial charge in [-0.05, 0) is 32.9 Å². The van der Waals surface area contributed by atoms with Gasteiger partial charge in [0.1, 0.15) is 10.7 Å². The van der Waals surface area contributed by atoms with E-state index < -0.39 is 21.4 Å². The van der Waals surface area contributed by atoms with Crippen LogP contribution < -0.4 is 0 Å². The number of hydrogen-bond donors (Lipinski definition) is 0. The highest BCUT2D eigenvalue weighted by molar-refractivity contribution is 7.89. The zero-order valence-electron chi connectivity index (χ0n) is 11.3. The molecular weight excluding hydrogens is 269 g/mol. The molecule has 1 aromatic rings. The molecule has 0 bridgehead atoms. The SMILES string of the molecule is CC1CN(S(=O)(=O)c2ccccc2F)CC(C)(C)O1. The molecule has 0 N–H and O–H groups in total. The third kappa shape index (κ3) is 2.96. The molecule has 1 heterocycles. The summed E-state index contributed by atoms with van der Waals surface area (Å²) in [4.78, 5) is -0.278. The second kappa shape index (κ2) is 4.85. The monoisotopic (exact) mass is 287 g/mol. The van der Waals surface area contributed by atoms with Gasteiger partial charge in [0, 0.05) is 13.1 Å². The van der Waals surface area contributed by atoms with Crippen molar-refractivity contribution >= 4 is 10.0 Å². The Balaban J connectivity index is 2.38. The maximum absolute atomic E-state index is 13.7. The van der Waals surface area contributed by atoms with Gasteiger partial charge in [-0.3, -0.25) is 0 Å². The predicted octanol–water partition coefficient (Wildman–Crippen LogP) is 2.01. The van der Waals surface area contributed by atoms with E-state index in [0.717, 1.165) is 6.07 Å². The largest absolute Gasteiger partial charge is 0.370 e. The van der Waals surface area contributed by atoms with Gasteiger partial charge < -0.3 is 4.74 Å². The Labute approximate surface area is 113 Å². The van der Waals surface area contributed by atoms with Crippen molar-refractivity contribution < 1.29 is 17.5 Å². The zero-order valence-corrected chi connectivity index (χ0v) is 12.1. The highest BCUT2D eigenvalue weighted by Crippen LogP contribution is 2.27. The van der Waals surface area contributed by atoms with Gasteiger partial charge in [-0.2, -0.15) is 4.31 Å². The van der Waals surface area contributed by atoms with Gasteiger partial charge in [-0.25, -0.2) is 12.8 Å². The summed E-state index contributed by atoms with van der Waals surface area (Å²) in [5.74, 6) is -0.723. The molecule has 6 heteroatoms. The number of hydrogen-bond acceptors (Lipinski definition) is 3. The van der Waals surface area contributed by atoms with Gasteiger partial charge in [0.15, 0.2) is 0 Å². The summed E-state index contributed by atoms with van der Waals surface area (Å²) < 4.78 is 45.6. The van der Waals surface area contributed by atoms with Gasteiger partial charge >= 0.3 is 0 Å². The molecule has 1 atom stereocenters. The van der Waals surface area contributed by atoms with Crippen LogP contribution in [0.3, 0.4) is 0 Å². The molecule has 1 saturated heterocycles. The molecular formula is C13H18FNO3S. The fraction of sp³-hybridized carbons (Fsp3) is 0.538. The van der Waals surface area contributed by atoms with Crippen LogP contribution in [0.5, 0.6) is 0 Å². The van der Waals surface area contributed by atoms with E-state index in [1.54, 1.807) is 0 Å². The van der Waals surface area contributed by atoms with Crippen molar-refractivity contribution in [3.8, 4) is 0 Å². The lowest BCUT2D eigenvalue weighted by molar-refractivity contribution is -0.109. The Bertz CT molecular complexity index is 571. The van der Waals surface area contributed by atoms with Crippen LogP contribution >= 0.6 is 0 Å². The fourth-order valence-electron chi connectivity index (χ4n) is 2.37. The number of rotatable bonds is 2. The molecule has 0 amide bonds. The van der Waals surface area contributed by atoms with E-state index in [1.165, 1.54) is 22.5 Å². The molecule has 1 aliphatic heterocycles. The number of sulfonamides is 1. The van der Waals surface area contributed by atoms with Crippen molar-refractivity contribution in [3.05, 3.63) is 30.1 Å². The first-order valence-corrected chi connectivity index (χ1v) is 7.59. The lowest BCUT2D eigenvalue weighted by Crippen LogP contribution is -2.53. The smallest absolute Gasteiger partial charge is 0.246 e. The summed E-state index contributed by atoms with van der Waals surface area (Å²) >= 11 is 0. The van der Waals surface area contributed by atoms with Crippen LogP contribution in [-0.4, -0.2) is 37.5 Å². The highest BCUT2D eigenvalue weighted by atomic mass is 32.2. The van der Waals surface area contributed by atoms with Crippen molar-refractivity contribution in [1.82, 2.24) is 4.31 Å². The molecule has 0 aromatic heterocycles. The number of benzene rings is 1. The van der Waals surface area contributed by atoms with Crippen molar-refractivity contribution in [1.29, 1.82) is 0 Å². The molecule has 1 aromatic carbocycles. The first-order chi connectivity index (χ1) is 8.72. The van der Waals surface area contributed by atoms with Crippen molar-refractivity contribution in [2.45, 2.75) is 37.4 Å². The minimum absolute atomic E-state index is 0.216. The molecule has 1 aliphatic rings. The Morgan fingerprint density at radius 2 is 2.00 bits per heavy atom. The summed E-state index contributed by atoms with van der Waals surface area (Å²) in [6, 6.07) is 5.44. The number of morpholine rings is 1. The molecule has 1 fully saturated rings. The molecule has 1 unspecified atom stereocenters. The third-order valence-corrected chi connectivity index (χ3v) is 4.84. The standard InChI is InChI=1S/C13H18FNO3S/c1-10-8-15(9-13(2,3)18-10)19(16,17)12-7-5-4-6-11(12)14/h4-7,10H,8-9H2,1-3H3. The average molecular weight is 287 g/mol. The van der Waals surface area contributed by atoms with E-state index in [-0.39, 0.29) is 24.1 Å². The molecule has 4 nitrogen and oxygen atoms in total. The predicted molar refractivity (Wildman–Crippen MR) is 69.8 cm³/mol. The topological polar surface area (TPSA) is 46.6 Å². The van der Waals surface area contributed by atoms with Gasteiger partial charge in [0.05, 0.1) is 11.7 Å². The number of ether oxygens (including phenoxy) is 1. The van der Waals surface area contributed by atoms with Crippen LogP contribution in [0.15, 0.2) is 29.2 Å². The zero-order chi connectivity index (χ0) is 14.3. The Hall–Kier alpha value is -0.980. The van der Waals surface area contributed by atoms with Crippen LogP contribution in [0.1, 0.15) is 20.8 Å². The third-order valence-electron chi connectivity index (χ3n) is 2.99. The van der Waals surface area contributed by atoms with Crippen LogP contribution in [-0.2, 0) is 14.8 Å². The Kier molecular flexibility index (Phi) is 3.68. The number of halogens is 1. The second-order valence-corrected chi connectivity index (χ2v) is 7.32. The van der Waals surface area contributed by atoms with E-state index in [1.807, 2.05) is 20.8 Å².